The summed E-state index contributed by atoms with van der Waals surface area (Å²) in [4.78, 5) is 12.5. The lowest BCUT2D eigenvalue weighted by atomic mass is 9.87. The van der Waals surface area contributed by atoms with Gasteiger partial charge < -0.3 is 5.32 Å². The van der Waals surface area contributed by atoms with Crippen LogP contribution in [-0.4, -0.2) is 26.4 Å². The lowest BCUT2D eigenvalue weighted by Gasteiger charge is -2.19. The zero-order valence-corrected chi connectivity index (χ0v) is 20.8. The van der Waals surface area contributed by atoms with E-state index in [0.29, 0.717) is 11.0 Å². The monoisotopic (exact) mass is 510 g/mol. The van der Waals surface area contributed by atoms with Crippen molar-refractivity contribution in [1.82, 2.24) is 14.8 Å². The number of carbonyl (C=O) groups is 1. The second kappa shape index (κ2) is 10.2. The van der Waals surface area contributed by atoms with Gasteiger partial charge in [-0.2, -0.15) is 13.2 Å². The molecular formula is C27H25F3N4OS. The molecule has 3 aromatic carbocycles. The Labute approximate surface area is 211 Å². The molecule has 0 spiro atoms. The van der Waals surface area contributed by atoms with Crippen LogP contribution >= 0.6 is 11.8 Å². The van der Waals surface area contributed by atoms with Crippen molar-refractivity contribution < 1.29 is 18.0 Å². The molecule has 0 fully saturated rings. The van der Waals surface area contributed by atoms with Crippen molar-refractivity contribution >= 4 is 23.4 Å². The summed E-state index contributed by atoms with van der Waals surface area (Å²) in [7, 11) is 0. The fraction of sp³-hybridized carbons (Fsp3) is 0.222. The maximum atomic E-state index is 13.0. The molecule has 0 aliphatic heterocycles. The minimum atomic E-state index is -4.48. The molecule has 0 aliphatic rings. The van der Waals surface area contributed by atoms with E-state index in [1.165, 1.54) is 17.7 Å². The number of benzene rings is 3. The first-order chi connectivity index (χ1) is 17.0. The third-order valence-corrected chi connectivity index (χ3v) is 6.39. The molecule has 0 unspecified atom stereocenters. The second-order valence-corrected chi connectivity index (χ2v) is 10.2. The maximum Gasteiger partial charge on any atom is 0.416 e. The number of hydrogen-bond donors (Lipinski definition) is 1. The molecule has 0 bridgehead atoms. The van der Waals surface area contributed by atoms with Crippen molar-refractivity contribution in [3.8, 4) is 17.1 Å². The fourth-order valence-electron chi connectivity index (χ4n) is 3.58. The van der Waals surface area contributed by atoms with Gasteiger partial charge in [-0.1, -0.05) is 81.1 Å². The molecule has 1 heterocycles. The Bertz CT molecular complexity index is 1340. The van der Waals surface area contributed by atoms with Gasteiger partial charge in [0, 0.05) is 16.9 Å². The molecule has 4 rings (SSSR count). The predicted molar refractivity (Wildman–Crippen MR) is 136 cm³/mol. The topological polar surface area (TPSA) is 59.8 Å². The summed E-state index contributed by atoms with van der Waals surface area (Å²) in [6, 6.07) is 22.2. The molecule has 5 nitrogen and oxygen atoms in total. The first-order valence-corrected chi connectivity index (χ1v) is 12.2. The van der Waals surface area contributed by atoms with Crippen LogP contribution in [0.5, 0.6) is 0 Å². The molecule has 36 heavy (non-hydrogen) atoms. The number of anilines is 1. The quantitative estimate of drug-likeness (QED) is 0.284. The van der Waals surface area contributed by atoms with Crippen LogP contribution in [0.25, 0.3) is 17.1 Å². The van der Waals surface area contributed by atoms with Gasteiger partial charge in [-0.25, -0.2) is 0 Å². The number of halogens is 3. The van der Waals surface area contributed by atoms with Crippen molar-refractivity contribution in [1.29, 1.82) is 0 Å². The van der Waals surface area contributed by atoms with Crippen molar-refractivity contribution in [2.45, 2.75) is 37.5 Å². The van der Waals surface area contributed by atoms with Crippen LogP contribution in [0.4, 0.5) is 18.9 Å². The van der Waals surface area contributed by atoms with Crippen molar-refractivity contribution in [3.05, 3.63) is 90.0 Å². The van der Waals surface area contributed by atoms with E-state index >= 15 is 0 Å². The first-order valence-electron chi connectivity index (χ1n) is 11.2. The lowest BCUT2D eigenvalue weighted by molar-refractivity contribution is -0.137. The van der Waals surface area contributed by atoms with Crippen LogP contribution in [-0.2, 0) is 16.4 Å². The number of carbonyl (C=O) groups excluding carboxylic acids is 1. The number of amides is 1. The Hall–Kier alpha value is -3.59. The third kappa shape index (κ3) is 5.96. The van der Waals surface area contributed by atoms with E-state index < -0.39 is 17.6 Å². The lowest BCUT2D eigenvalue weighted by Crippen LogP contribution is -2.15. The number of nitrogens with one attached hydrogen (secondary N) is 1. The van der Waals surface area contributed by atoms with Gasteiger partial charge in [0.15, 0.2) is 11.0 Å². The number of rotatable bonds is 6. The molecule has 1 amide bonds. The van der Waals surface area contributed by atoms with Gasteiger partial charge in [0.1, 0.15) is 0 Å². The summed E-state index contributed by atoms with van der Waals surface area (Å²) < 4.78 is 40.8. The van der Waals surface area contributed by atoms with Crippen molar-refractivity contribution in [3.63, 3.8) is 0 Å². The zero-order valence-electron chi connectivity index (χ0n) is 20.0. The molecule has 0 saturated carbocycles. The normalized spacial score (nSPS) is 11.9. The summed E-state index contributed by atoms with van der Waals surface area (Å²) in [5, 5.41) is 11.7. The molecule has 0 radical (unpaired) electrons. The third-order valence-electron chi connectivity index (χ3n) is 5.46. The summed E-state index contributed by atoms with van der Waals surface area (Å²) in [6.45, 7) is 6.44. The van der Waals surface area contributed by atoms with Gasteiger partial charge in [0.2, 0.25) is 5.91 Å². The van der Waals surface area contributed by atoms with E-state index in [-0.39, 0.29) is 16.9 Å². The number of aromatic nitrogens is 3. The summed E-state index contributed by atoms with van der Waals surface area (Å²) in [5.74, 6) is 0.130. The van der Waals surface area contributed by atoms with E-state index in [0.717, 1.165) is 35.1 Å². The minimum absolute atomic E-state index is 0.0135. The number of thioether (sulfide) groups is 1. The predicted octanol–water partition coefficient (Wildman–Crippen LogP) is 6.98. The smallest absolute Gasteiger partial charge is 0.325 e. The highest BCUT2D eigenvalue weighted by Gasteiger charge is 2.30. The molecular weight excluding hydrogens is 485 g/mol. The highest BCUT2D eigenvalue weighted by molar-refractivity contribution is 7.99. The van der Waals surface area contributed by atoms with Gasteiger partial charge >= 0.3 is 6.18 Å². The molecule has 1 N–H and O–H groups in total. The highest BCUT2D eigenvalue weighted by atomic mass is 32.2. The minimum Gasteiger partial charge on any atom is -0.325 e. The van der Waals surface area contributed by atoms with Gasteiger partial charge in [-0.05, 0) is 41.3 Å². The molecule has 0 atom stereocenters. The number of nitrogens with zero attached hydrogens (tertiary/aromatic N) is 3. The average Bonchev–Trinajstić information content (AvgIpc) is 3.26. The highest BCUT2D eigenvalue weighted by Crippen LogP contribution is 2.32. The van der Waals surface area contributed by atoms with Crippen LogP contribution in [0.2, 0.25) is 0 Å². The largest absolute Gasteiger partial charge is 0.416 e. The molecule has 9 heteroatoms. The fourth-order valence-corrected chi connectivity index (χ4v) is 4.33. The van der Waals surface area contributed by atoms with Crippen LogP contribution in [0, 0.1) is 0 Å². The van der Waals surface area contributed by atoms with Crippen molar-refractivity contribution in [2.24, 2.45) is 0 Å². The summed E-state index contributed by atoms with van der Waals surface area (Å²) in [5.41, 5.74) is 2.17. The van der Waals surface area contributed by atoms with E-state index in [9.17, 15) is 18.0 Å². The van der Waals surface area contributed by atoms with Gasteiger partial charge in [-0.15, -0.1) is 10.2 Å². The summed E-state index contributed by atoms with van der Waals surface area (Å²) >= 11 is 1.16. The Kier molecular flexibility index (Phi) is 7.21. The number of hydrogen-bond acceptors (Lipinski definition) is 4. The van der Waals surface area contributed by atoms with E-state index in [4.69, 9.17) is 0 Å². The Balaban J connectivity index is 1.57. The van der Waals surface area contributed by atoms with E-state index in [1.807, 2.05) is 47.0 Å². The molecule has 0 aliphatic carbocycles. The molecule has 4 aromatic rings. The molecule has 0 saturated heterocycles. The van der Waals surface area contributed by atoms with Crippen LogP contribution in [0.1, 0.15) is 31.9 Å². The maximum absolute atomic E-state index is 13.0. The Morgan fingerprint density at radius 1 is 0.889 bits per heavy atom. The standard InChI is InChI=1S/C27H25F3N4OS/c1-26(2,3)19-14-12-18(13-15-19)24-32-33-25(34(24)22-10-5-4-6-11-22)36-17-23(35)31-21-9-7-8-20(16-21)27(28,29)30/h4-16H,17H2,1-3H3,(H,31,35). The second-order valence-electron chi connectivity index (χ2n) is 9.22. The summed E-state index contributed by atoms with van der Waals surface area (Å²) in [6.07, 6.45) is -4.48. The average molecular weight is 511 g/mol. The van der Waals surface area contributed by atoms with Crippen LogP contribution < -0.4 is 5.32 Å². The molecule has 1 aromatic heterocycles. The Morgan fingerprint density at radius 2 is 1.58 bits per heavy atom. The van der Waals surface area contributed by atoms with Crippen LogP contribution in [0.15, 0.2) is 84.0 Å². The van der Waals surface area contributed by atoms with E-state index in [1.54, 1.807) is 0 Å². The van der Waals surface area contributed by atoms with Crippen LogP contribution in [0.3, 0.4) is 0 Å². The van der Waals surface area contributed by atoms with Crippen molar-refractivity contribution in [2.75, 3.05) is 11.1 Å². The van der Waals surface area contributed by atoms with Gasteiger partial charge in [0.05, 0.1) is 11.3 Å². The van der Waals surface area contributed by atoms with E-state index in [2.05, 4.69) is 48.4 Å². The number of alkyl halides is 3. The molecule has 186 valence electrons. The zero-order chi connectivity index (χ0) is 25.9. The van der Waals surface area contributed by atoms with Gasteiger partial charge in [-0.3, -0.25) is 9.36 Å². The van der Waals surface area contributed by atoms with Gasteiger partial charge in [0.25, 0.3) is 0 Å². The Morgan fingerprint density at radius 3 is 2.22 bits per heavy atom. The SMILES string of the molecule is CC(C)(C)c1ccc(-c2nnc(SCC(=O)Nc3cccc(C(F)(F)F)c3)n2-c2ccccc2)cc1. The number of para-hydroxylation sites is 1. The first kappa shape index (κ1) is 25.5.